The minimum Gasteiger partial charge on any atom is -0.245 e. The Balaban J connectivity index is 0.980. The highest BCUT2D eigenvalue weighted by molar-refractivity contribution is 6.04. The van der Waals surface area contributed by atoms with E-state index in [2.05, 4.69) is 164 Å². The van der Waals surface area contributed by atoms with Gasteiger partial charge in [0.15, 0.2) is 5.82 Å². The van der Waals surface area contributed by atoms with Gasteiger partial charge in [0.2, 0.25) is 0 Å². The molecule has 262 valence electrons. The van der Waals surface area contributed by atoms with Gasteiger partial charge in [0.1, 0.15) is 0 Å². The zero-order valence-electron chi connectivity index (χ0n) is 30.4. The fourth-order valence-corrected chi connectivity index (χ4v) is 7.31. The lowest BCUT2D eigenvalue weighted by molar-refractivity contribution is 1.18. The molecule has 0 spiro atoms. The third-order valence-corrected chi connectivity index (χ3v) is 10.3. The molecule has 10 aromatic rings. The van der Waals surface area contributed by atoms with Crippen molar-refractivity contribution in [3.8, 4) is 78.7 Å². The maximum Gasteiger partial charge on any atom is 0.160 e. The van der Waals surface area contributed by atoms with Crippen LogP contribution in [0.4, 0.5) is 0 Å². The van der Waals surface area contributed by atoms with Crippen molar-refractivity contribution >= 4 is 21.8 Å². The van der Waals surface area contributed by atoms with Crippen LogP contribution in [0.15, 0.2) is 206 Å². The van der Waals surface area contributed by atoms with Gasteiger partial charge in [0, 0.05) is 38.6 Å². The molecule has 0 atom stereocenters. The van der Waals surface area contributed by atoms with Crippen molar-refractivity contribution in [2.24, 2.45) is 0 Å². The van der Waals surface area contributed by atoms with E-state index in [4.69, 9.17) is 19.9 Å². The Morgan fingerprint density at radius 2 is 0.589 bits per heavy atom. The zero-order valence-corrected chi connectivity index (χ0v) is 30.4. The molecule has 0 radical (unpaired) electrons. The molecule has 0 bridgehead atoms. The molecule has 4 nitrogen and oxygen atoms in total. The number of hydrogen-bond donors (Lipinski definition) is 0. The summed E-state index contributed by atoms with van der Waals surface area (Å²) >= 11 is 0. The Morgan fingerprint density at radius 3 is 1.16 bits per heavy atom. The van der Waals surface area contributed by atoms with Crippen LogP contribution in [0.3, 0.4) is 0 Å². The van der Waals surface area contributed by atoms with Gasteiger partial charge >= 0.3 is 0 Å². The second-order valence-electron chi connectivity index (χ2n) is 13.9. The van der Waals surface area contributed by atoms with E-state index in [9.17, 15) is 0 Å². The van der Waals surface area contributed by atoms with Crippen LogP contribution in [0, 0.1) is 0 Å². The van der Waals surface area contributed by atoms with E-state index in [-0.39, 0.29) is 0 Å². The van der Waals surface area contributed by atoms with Crippen molar-refractivity contribution in [1.29, 1.82) is 0 Å². The lowest BCUT2D eigenvalue weighted by Gasteiger charge is -2.11. The first-order valence-electron chi connectivity index (χ1n) is 18.8. The first kappa shape index (κ1) is 33.0. The molecule has 0 aliphatic carbocycles. The number of fused-ring (bicyclic) bond motifs is 3. The van der Waals surface area contributed by atoms with Crippen LogP contribution in [-0.2, 0) is 0 Å². The third kappa shape index (κ3) is 6.50. The van der Waals surface area contributed by atoms with Crippen LogP contribution in [0.1, 0.15) is 0 Å². The Kier molecular flexibility index (Phi) is 8.47. The first-order chi connectivity index (χ1) is 27.7. The summed E-state index contributed by atoms with van der Waals surface area (Å²) in [4.78, 5) is 20.4. The van der Waals surface area contributed by atoms with Crippen LogP contribution in [0.2, 0.25) is 0 Å². The quantitative estimate of drug-likeness (QED) is 0.154. The summed E-state index contributed by atoms with van der Waals surface area (Å²) in [5, 5.41) is 2.14. The summed E-state index contributed by atoms with van der Waals surface area (Å²) in [5.74, 6) is 0.694. The van der Waals surface area contributed by atoms with Gasteiger partial charge in [-0.25, -0.2) is 19.9 Å². The van der Waals surface area contributed by atoms with Crippen molar-refractivity contribution < 1.29 is 0 Å². The average molecular weight is 715 g/mol. The van der Waals surface area contributed by atoms with Gasteiger partial charge in [-0.2, -0.15) is 0 Å². The van der Waals surface area contributed by atoms with Crippen molar-refractivity contribution in [3.05, 3.63) is 206 Å². The standard InChI is InChI=1S/C52H34N4/c1-4-11-35(12-5-1)36-21-27-43(28-22-36)52-55-48(39-15-8-3-9-16-39)34-49(56-52)40-23-19-37(20-24-40)44-17-10-18-45(33-44)47-32-30-42-26-25-41-29-31-46(38-13-6-2-7-14-38)53-50(41)51(42)54-47/h1-34H. The van der Waals surface area contributed by atoms with E-state index in [1.807, 2.05) is 42.5 Å². The van der Waals surface area contributed by atoms with E-state index in [0.717, 1.165) is 89.1 Å². The highest BCUT2D eigenvalue weighted by Gasteiger charge is 2.13. The van der Waals surface area contributed by atoms with Gasteiger partial charge < -0.3 is 0 Å². The van der Waals surface area contributed by atoms with Gasteiger partial charge in [0.25, 0.3) is 0 Å². The van der Waals surface area contributed by atoms with Crippen molar-refractivity contribution in [2.75, 3.05) is 0 Å². The number of benzene rings is 7. The Labute approximate surface area is 325 Å². The minimum atomic E-state index is 0.694. The van der Waals surface area contributed by atoms with E-state index in [0.29, 0.717) is 5.82 Å². The number of nitrogens with zero attached hydrogens (tertiary/aromatic N) is 4. The molecule has 10 rings (SSSR count). The normalized spacial score (nSPS) is 11.2. The smallest absolute Gasteiger partial charge is 0.160 e. The molecule has 0 N–H and O–H groups in total. The molecule has 0 aliphatic rings. The van der Waals surface area contributed by atoms with Gasteiger partial charge in [-0.05, 0) is 46.5 Å². The zero-order chi connectivity index (χ0) is 37.3. The second-order valence-corrected chi connectivity index (χ2v) is 13.9. The number of pyridine rings is 2. The second kappa shape index (κ2) is 14.3. The molecule has 3 heterocycles. The van der Waals surface area contributed by atoms with Crippen LogP contribution >= 0.6 is 0 Å². The van der Waals surface area contributed by atoms with E-state index in [1.165, 1.54) is 5.56 Å². The van der Waals surface area contributed by atoms with Crippen LogP contribution in [0.25, 0.3) is 100 Å². The Hall–Kier alpha value is -7.56. The van der Waals surface area contributed by atoms with Crippen LogP contribution in [-0.4, -0.2) is 19.9 Å². The Bertz CT molecular complexity index is 2980. The maximum atomic E-state index is 5.21. The fourth-order valence-electron chi connectivity index (χ4n) is 7.31. The summed E-state index contributed by atoms with van der Waals surface area (Å²) in [6.45, 7) is 0. The number of hydrogen-bond acceptors (Lipinski definition) is 4. The summed E-state index contributed by atoms with van der Waals surface area (Å²) in [6, 6.07) is 71.5. The molecule has 0 saturated heterocycles. The maximum absolute atomic E-state index is 5.21. The molecule has 0 unspecified atom stereocenters. The predicted molar refractivity (Wildman–Crippen MR) is 231 cm³/mol. The largest absolute Gasteiger partial charge is 0.245 e. The molecule has 0 aliphatic heterocycles. The van der Waals surface area contributed by atoms with Gasteiger partial charge in [-0.3, -0.25) is 0 Å². The van der Waals surface area contributed by atoms with Crippen molar-refractivity contribution in [2.45, 2.75) is 0 Å². The molecule has 0 saturated carbocycles. The summed E-state index contributed by atoms with van der Waals surface area (Å²) in [5.41, 5.74) is 15.2. The molecule has 0 amide bonds. The number of rotatable bonds is 7. The van der Waals surface area contributed by atoms with Gasteiger partial charge in [-0.1, -0.05) is 182 Å². The highest BCUT2D eigenvalue weighted by Crippen LogP contribution is 2.33. The van der Waals surface area contributed by atoms with Crippen molar-refractivity contribution in [3.63, 3.8) is 0 Å². The highest BCUT2D eigenvalue weighted by atomic mass is 14.9. The predicted octanol–water partition coefficient (Wildman–Crippen LogP) is 13.2. The molecule has 7 aromatic carbocycles. The molecular weight excluding hydrogens is 681 g/mol. The fraction of sp³-hybridized carbons (Fsp3) is 0. The topological polar surface area (TPSA) is 51.6 Å². The average Bonchev–Trinajstić information content (AvgIpc) is 3.29. The molecule has 3 aromatic heterocycles. The van der Waals surface area contributed by atoms with Crippen molar-refractivity contribution in [1.82, 2.24) is 19.9 Å². The molecular formula is C52H34N4. The van der Waals surface area contributed by atoms with Gasteiger partial charge in [0.05, 0.1) is 33.8 Å². The van der Waals surface area contributed by atoms with E-state index < -0.39 is 0 Å². The minimum absolute atomic E-state index is 0.694. The summed E-state index contributed by atoms with van der Waals surface area (Å²) in [7, 11) is 0. The van der Waals surface area contributed by atoms with E-state index in [1.54, 1.807) is 0 Å². The SMILES string of the molecule is c1ccc(-c2ccc(-c3nc(-c4ccccc4)cc(-c4ccc(-c5cccc(-c6ccc7ccc8ccc(-c9ccccc9)nc8c7n6)c5)cc4)n3)cc2)cc1. The van der Waals surface area contributed by atoms with Gasteiger partial charge in [-0.15, -0.1) is 0 Å². The molecule has 0 fully saturated rings. The Morgan fingerprint density at radius 1 is 0.214 bits per heavy atom. The monoisotopic (exact) mass is 714 g/mol. The summed E-state index contributed by atoms with van der Waals surface area (Å²) in [6.07, 6.45) is 0. The molecule has 56 heavy (non-hydrogen) atoms. The first-order valence-corrected chi connectivity index (χ1v) is 18.8. The molecule has 4 heteroatoms. The number of aromatic nitrogens is 4. The van der Waals surface area contributed by atoms with Crippen LogP contribution < -0.4 is 0 Å². The third-order valence-electron chi connectivity index (χ3n) is 10.3. The van der Waals surface area contributed by atoms with E-state index >= 15 is 0 Å². The van der Waals surface area contributed by atoms with Crippen LogP contribution in [0.5, 0.6) is 0 Å². The lowest BCUT2D eigenvalue weighted by Crippen LogP contribution is -1.96. The lowest BCUT2D eigenvalue weighted by atomic mass is 9.99. The summed E-state index contributed by atoms with van der Waals surface area (Å²) < 4.78 is 0.